The van der Waals surface area contributed by atoms with Gasteiger partial charge in [-0.25, -0.2) is 18.6 Å². The van der Waals surface area contributed by atoms with E-state index in [1.807, 2.05) is 0 Å². The van der Waals surface area contributed by atoms with Gasteiger partial charge in [0.05, 0.1) is 12.7 Å². The second-order valence-electron chi connectivity index (χ2n) is 4.40. The van der Waals surface area contributed by atoms with Crippen LogP contribution in [0.25, 0.3) is 0 Å². The number of halogens is 2. The summed E-state index contributed by atoms with van der Waals surface area (Å²) >= 11 is 0. The quantitative estimate of drug-likeness (QED) is 0.657. The normalized spacial score (nSPS) is 10.7. The number of rotatable bonds is 5. The molecule has 23 heavy (non-hydrogen) atoms. The van der Waals surface area contributed by atoms with Crippen molar-refractivity contribution in [2.24, 2.45) is 0 Å². The van der Waals surface area contributed by atoms with Crippen LogP contribution < -0.4 is 9.96 Å². The smallest absolute Gasteiger partial charge is 0.338 e. The molecule has 122 valence electrons. The Morgan fingerprint density at radius 1 is 1.30 bits per heavy atom. The third kappa shape index (κ3) is 4.19. The van der Waals surface area contributed by atoms with Gasteiger partial charge in [-0.05, 0) is 12.1 Å². The number of aromatic nitrogens is 1. The van der Waals surface area contributed by atoms with E-state index in [0.29, 0.717) is 6.07 Å². The highest BCUT2D eigenvalue weighted by atomic mass is 19.1. The third-order valence-corrected chi connectivity index (χ3v) is 2.81. The number of carbonyl (C=O) groups is 1. The lowest BCUT2D eigenvalue weighted by atomic mass is 10.1. The molecule has 1 N–H and O–H groups in total. The zero-order valence-electron chi connectivity index (χ0n) is 11.8. The Morgan fingerprint density at radius 3 is 2.65 bits per heavy atom. The molecule has 2 aromatic rings. The molecule has 0 unspecified atom stereocenters. The van der Waals surface area contributed by atoms with Crippen molar-refractivity contribution in [2.75, 3.05) is 7.11 Å². The van der Waals surface area contributed by atoms with Crippen LogP contribution >= 0.6 is 0 Å². The van der Waals surface area contributed by atoms with Gasteiger partial charge in [-0.2, -0.15) is 0 Å². The lowest BCUT2D eigenvalue weighted by molar-refractivity contribution is -0.807. The van der Waals surface area contributed by atoms with Crippen molar-refractivity contribution in [3.8, 4) is 11.6 Å². The zero-order valence-corrected chi connectivity index (χ0v) is 11.8. The van der Waals surface area contributed by atoms with Gasteiger partial charge in [0, 0.05) is 23.9 Å². The van der Waals surface area contributed by atoms with E-state index in [2.05, 4.69) is 9.72 Å². The van der Waals surface area contributed by atoms with Gasteiger partial charge in [0.25, 0.3) is 0 Å². The van der Waals surface area contributed by atoms with Crippen molar-refractivity contribution in [3.63, 3.8) is 0 Å². The number of esters is 1. The van der Waals surface area contributed by atoms with Crippen LogP contribution in [0.15, 0.2) is 30.5 Å². The molecule has 0 radical (unpaired) electrons. The molecule has 0 aliphatic carbocycles. The monoisotopic (exact) mass is 325 g/mol. The summed E-state index contributed by atoms with van der Waals surface area (Å²) in [6.45, 7) is -0.553. The van der Waals surface area contributed by atoms with E-state index in [1.54, 1.807) is 0 Å². The first kappa shape index (κ1) is 16.7. The van der Waals surface area contributed by atoms with E-state index in [-0.39, 0.29) is 22.8 Å². The Morgan fingerprint density at radius 2 is 2.04 bits per heavy atom. The van der Waals surface area contributed by atoms with Crippen molar-refractivity contribution >= 4 is 5.97 Å². The summed E-state index contributed by atoms with van der Waals surface area (Å²) in [5.74, 6) is -3.03. The largest absolute Gasteiger partial charge is 0.633 e. The molecule has 0 aliphatic heterocycles. The minimum Gasteiger partial charge on any atom is -0.633 e. The molecular formula is C14H11F2N2O5-. The molecule has 1 heterocycles. The predicted molar refractivity (Wildman–Crippen MR) is 73.4 cm³/mol. The molecule has 0 fully saturated rings. The summed E-state index contributed by atoms with van der Waals surface area (Å²) < 4.78 is 36.1. The number of nitrogens with one attached hydrogen (secondary N) is 1. The van der Waals surface area contributed by atoms with Gasteiger partial charge < -0.3 is 25.1 Å². The van der Waals surface area contributed by atoms with Crippen LogP contribution in [0.5, 0.6) is 11.6 Å². The van der Waals surface area contributed by atoms with Gasteiger partial charge >= 0.3 is 5.97 Å². The molecule has 2 rings (SSSR count). The number of nitrogens with zero attached hydrogens (tertiary/aromatic N) is 1. The van der Waals surface area contributed by atoms with E-state index in [9.17, 15) is 24.0 Å². The summed E-state index contributed by atoms with van der Waals surface area (Å²) in [7, 11) is 1.12. The summed E-state index contributed by atoms with van der Waals surface area (Å²) in [5, 5.41) is 19.9. The molecule has 0 spiro atoms. The van der Waals surface area contributed by atoms with Crippen LogP contribution in [0.3, 0.4) is 0 Å². The first-order valence-corrected chi connectivity index (χ1v) is 6.30. The standard InChI is InChI=1S/C14H11F2N2O5/c1-22-14(19)10-5-13(17-6-8(10)7-18(20)21)23-12-3-2-9(15)4-11(12)16/h2-6,18H,7H2,1H3/q-1. The molecule has 0 saturated carbocycles. The number of quaternary nitrogens is 1. The second kappa shape index (κ2) is 7.09. The van der Waals surface area contributed by atoms with Gasteiger partial charge in [-0.3, -0.25) is 0 Å². The van der Waals surface area contributed by atoms with Crippen molar-refractivity contribution in [3.05, 3.63) is 63.6 Å². The molecule has 9 heteroatoms. The molecule has 0 atom stereocenters. The number of pyridine rings is 1. The molecule has 0 amide bonds. The van der Waals surface area contributed by atoms with Crippen LogP contribution in [0, 0.1) is 22.0 Å². The van der Waals surface area contributed by atoms with Crippen LogP contribution in [0.4, 0.5) is 8.78 Å². The van der Waals surface area contributed by atoms with E-state index in [4.69, 9.17) is 4.74 Å². The maximum atomic E-state index is 13.5. The van der Waals surface area contributed by atoms with E-state index in [1.165, 1.54) is 0 Å². The summed E-state index contributed by atoms with van der Waals surface area (Å²) in [6.07, 6.45) is 1.08. The minimum absolute atomic E-state index is 0.0591. The third-order valence-electron chi connectivity index (χ3n) is 2.81. The topological polar surface area (TPSA) is 99.0 Å². The average molecular weight is 325 g/mol. The SMILES string of the molecule is COC(=O)c1cc(Oc2ccc(F)cc2F)ncc1C[NH+]([O-])[O-]. The number of benzene rings is 1. The first-order valence-electron chi connectivity index (χ1n) is 6.30. The van der Waals surface area contributed by atoms with E-state index in [0.717, 1.165) is 31.5 Å². The van der Waals surface area contributed by atoms with Crippen LogP contribution in [0.1, 0.15) is 15.9 Å². The molecule has 0 aliphatic rings. The van der Waals surface area contributed by atoms with Gasteiger partial charge in [0.1, 0.15) is 12.4 Å². The van der Waals surface area contributed by atoms with Crippen molar-refractivity contribution in [1.29, 1.82) is 0 Å². The van der Waals surface area contributed by atoms with E-state index >= 15 is 0 Å². The number of ether oxygens (including phenoxy) is 2. The maximum Gasteiger partial charge on any atom is 0.338 e. The van der Waals surface area contributed by atoms with E-state index < -0.39 is 29.4 Å². The van der Waals surface area contributed by atoms with Crippen molar-refractivity contribution in [1.82, 2.24) is 4.98 Å². The summed E-state index contributed by atoms with van der Waals surface area (Å²) in [4.78, 5) is 15.5. The predicted octanol–water partition coefficient (Wildman–Crippen LogP) is 1.32. The summed E-state index contributed by atoms with van der Waals surface area (Å²) in [6, 6.07) is 3.78. The zero-order chi connectivity index (χ0) is 17.0. The number of methoxy groups -OCH3 is 1. The Balaban J connectivity index is 2.34. The first-order chi connectivity index (χ1) is 10.9. The lowest BCUT2D eigenvalue weighted by Crippen LogP contribution is -3.00. The van der Waals surface area contributed by atoms with Crippen molar-refractivity contribution < 1.29 is 28.3 Å². The second-order valence-corrected chi connectivity index (χ2v) is 4.40. The highest BCUT2D eigenvalue weighted by molar-refractivity contribution is 5.91. The molecule has 1 aromatic carbocycles. The van der Waals surface area contributed by atoms with Crippen molar-refractivity contribution in [2.45, 2.75) is 6.54 Å². The average Bonchev–Trinajstić information content (AvgIpc) is 2.50. The van der Waals surface area contributed by atoms with Gasteiger partial charge in [0.2, 0.25) is 5.88 Å². The van der Waals surface area contributed by atoms with Crippen LogP contribution in [-0.2, 0) is 11.3 Å². The Labute approximate surface area is 129 Å². The van der Waals surface area contributed by atoms with Gasteiger partial charge in [-0.1, -0.05) is 0 Å². The summed E-state index contributed by atoms with van der Waals surface area (Å²) in [5.41, 5.74) is -0.0482. The highest BCUT2D eigenvalue weighted by Gasteiger charge is 2.16. The number of hydrogen-bond donors (Lipinski definition) is 1. The van der Waals surface area contributed by atoms with Gasteiger partial charge in [-0.15, -0.1) is 0 Å². The van der Waals surface area contributed by atoms with Crippen LogP contribution in [-0.4, -0.2) is 18.1 Å². The van der Waals surface area contributed by atoms with Crippen LogP contribution in [0.2, 0.25) is 0 Å². The minimum atomic E-state index is -1.41. The number of hydroxylamine groups is 2. The molecule has 1 aromatic heterocycles. The fraction of sp³-hybridized carbons (Fsp3) is 0.143. The molecule has 7 nitrogen and oxygen atoms in total. The Hall–Kier alpha value is -2.62. The highest BCUT2D eigenvalue weighted by Crippen LogP contribution is 2.25. The fourth-order valence-electron chi connectivity index (χ4n) is 1.79. The molecule has 0 saturated heterocycles. The fourth-order valence-corrected chi connectivity index (χ4v) is 1.79. The Bertz CT molecular complexity index is 724. The molecule has 0 bridgehead atoms. The lowest BCUT2D eigenvalue weighted by Gasteiger charge is -2.25. The molecular weight excluding hydrogens is 314 g/mol. The Kier molecular flexibility index (Phi) is 5.16. The number of hydrogen-bond acceptors (Lipinski definition) is 6. The number of carbonyl (C=O) groups excluding carboxylic acids is 1. The maximum absolute atomic E-state index is 13.5. The van der Waals surface area contributed by atoms with Gasteiger partial charge in [0.15, 0.2) is 11.6 Å².